The van der Waals surface area contributed by atoms with Crippen LogP contribution >= 0.6 is 0 Å². The first-order chi connectivity index (χ1) is 12.6. The van der Waals surface area contributed by atoms with Crippen molar-refractivity contribution >= 4 is 11.9 Å². The Morgan fingerprint density at radius 3 is 2.96 bits per heavy atom. The molecule has 4 rings (SSSR count). The largest absolute Gasteiger partial charge is 0.493 e. The number of rotatable bonds is 4. The summed E-state index contributed by atoms with van der Waals surface area (Å²) in [6, 6.07) is 7.61. The van der Waals surface area contributed by atoms with Crippen LogP contribution in [-0.4, -0.2) is 46.1 Å². The predicted molar refractivity (Wildman–Crippen MR) is 95.2 cm³/mol. The van der Waals surface area contributed by atoms with Crippen LogP contribution in [0.4, 0.5) is 0 Å². The summed E-state index contributed by atoms with van der Waals surface area (Å²) in [5.41, 5.74) is 3.54. The molecule has 2 aliphatic heterocycles. The lowest BCUT2D eigenvalue weighted by molar-refractivity contribution is -0.137. The number of fused-ring (bicyclic) bond motifs is 1. The summed E-state index contributed by atoms with van der Waals surface area (Å²) in [5.74, 6) is -0.1000. The number of aromatic nitrogens is 1. The molecule has 6 nitrogen and oxygen atoms in total. The van der Waals surface area contributed by atoms with Crippen LogP contribution in [-0.2, 0) is 11.2 Å². The number of hydrogen-bond acceptors (Lipinski definition) is 4. The number of carboxylic acid groups (broad SMARTS) is 1. The highest BCUT2D eigenvalue weighted by atomic mass is 16.5. The molecule has 0 bridgehead atoms. The maximum atomic E-state index is 12.9. The van der Waals surface area contributed by atoms with Gasteiger partial charge in [-0.05, 0) is 42.2 Å². The minimum absolute atomic E-state index is 0.0102. The third-order valence-corrected chi connectivity index (χ3v) is 5.06. The number of nitrogens with zero attached hydrogens (tertiary/aromatic N) is 2. The molecule has 1 aromatic carbocycles. The minimum Gasteiger partial charge on any atom is -0.493 e. The summed E-state index contributed by atoms with van der Waals surface area (Å²) in [6.07, 6.45) is 5.74. The van der Waals surface area contributed by atoms with Gasteiger partial charge in [0.15, 0.2) is 0 Å². The van der Waals surface area contributed by atoms with Crippen molar-refractivity contribution in [1.82, 2.24) is 9.88 Å². The van der Waals surface area contributed by atoms with E-state index in [1.165, 1.54) is 5.56 Å². The molecule has 1 aromatic heterocycles. The van der Waals surface area contributed by atoms with E-state index in [1.807, 2.05) is 18.2 Å². The molecule has 0 radical (unpaired) electrons. The SMILES string of the molecule is O=C(O)CC1CCCN1C(=O)c1cncc(-c2ccc3c(c2)CCO3)c1. The Bertz CT molecular complexity index is 865. The van der Waals surface area contributed by atoms with E-state index in [1.54, 1.807) is 17.3 Å². The monoisotopic (exact) mass is 352 g/mol. The van der Waals surface area contributed by atoms with Gasteiger partial charge in [0.1, 0.15) is 5.75 Å². The van der Waals surface area contributed by atoms with E-state index in [0.29, 0.717) is 18.7 Å². The summed E-state index contributed by atoms with van der Waals surface area (Å²) in [5, 5.41) is 9.05. The maximum absolute atomic E-state index is 12.9. The van der Waals surface area contributed by atoms with Gasteiger partial charge in [0.25, 0.3) is 5.91 Å². The van der Waals surface area contributed by atoms with Crippen molar-refractivity contribution < 1.29 is 19.4 Å². The van der Waals surface area contributed by atoms with Crippen LogP contribution in [0.15, 0.2) is 36.7 Å². The fourth-order valence-corrected chi connectivity index (χ4v) is 3.76. The average Bonchev–Trinajstić information content (AvgIpc) is 3.29. The molecule has 134 valence electrons. The number of ether oxygens (including phenoxy) is 1. The molecule has 0 saturated carbocycles. The molecule has 1 saturated heterocycles. The molecule has 1 amide bonds. The first-order valence-electron chi connectivity index (χ1n) is 8.86. The Kier molecular flexibility index (Phi) is 4.32. The molecule has 2 aromatic rings. The number of carbonyl (C=O) groups is 2. The van der Waals surface area contributed by atoms with Crippen molar-refractivity contribution in [3.8, 4) is 16.9 Å². The van der Waals surface area contributed by atoms with Gasteiger partial charge in [-0.3, -0.25) is 14.6 Å². The van der Waals surface area contributed by atoms with Crippen molar-refractivity contribution in [2.24, 2.45) is 0 Å². The Balaban J connectivity index is 1.59. The van der Waals surface area contributed by atoms with Gasteiger partial charge in [-0.25, -0.2) is 0 Å². The molecule has 26 heavy (non-hydrogen) atoms. The second-order valence-corrected chi connectivity index (χ2v) is 6.78. The summed E-state index contributed by atoms with van der Waals surface area (Å²) >= 11 is 0. The molecule has 1 N–H and O–H groups in total. The Morgan fingerprint density at radius 1 is 1.23 bits per heavy atom. The third-order valence-electron chi connectivity index (χ3n) is 5.06. The first-order valence-corrected chi connectivity index (χ1v) is 8.86. The fourth-order valence-electron chi connectivity index (χ4n) is 3.76. The second-order valence-electron chi connectivity index (χ2n) is 6.78. The highest BCUT2D eigenvalue weighted by molar-refractivity contribution is 5.95. The lowest BCUT2D eigenvalue weighted by atomic mass is 10.0. The van der Waals surface area contributed by atoms with Gasteiger partial charge < -0.3 is 14.7 Å². The number of hydrogen-bond donors (Lipinski definition) is 1. The highest BCUT2D eigenvalue weighted by Gasteiger charge is 2.31. The summed E-state index contributed by atoms with van der Waals surface area (Å²) < 4.78 is 5.54. The molecule has 1 atom stereocenters. The van der Waals surface area contributed by atoms with Gasteiger partial charge in [0, 0.05) is 37.0 Å². The number of aliphatic carboxylic acids is 1. The standard InChI is InChI=1S/C20H20N2O4/c23-19(24)10-17-2-1-6-22(17)20(25)16-9-15(11-21-12-16)13-3-4-18-14(8-13)5-7-26-18/h3-4,8-9,11-12,17H,1-2,5-7,10H2,(H,23,24). The normalized spacial score (nSPS) is 18.5. The van der Waals surface area contributed by atoms with Gasteiger partial charge in [0.05, 0.1) is 18.6 Å². The van der Waals surface area contributed by atoms with Gasteiger partial charge in [-0.1, -0.05) is 6.07 Å². The minimum atomic E-state index is -0.873. The number of likely N-dealkylation sites (tertiary alicyclic amines) is 1. The van der Waals surface area contributed by atoms with Crippen LogP contribution in [0.25, 0.3) is 11.1 Å². The zero-order valence-electron chi connectivity index (χ0n) is 14.4. The maximum Gasteiger partial charge on any atom is 0.305 e. The molecule has 2 aliphatic rings. The number of amides is 1. The molecular formula is C20H20N2O4. The average molecular weight is 352 g/mol. The van der Waals surface area contributed by atoms with Crippen molar-refractivity contribution in [1.29, 1.82) is 0 Å². The van der Waals surface area contributed by atoms with Crippen molar-refractivity contribution in [2.45, 2.75) is 31.7 Å². The molecule has 0 spiro atoms. The summed E-state index contributed by atoms with van der Waals surface area (Å²) in [7, 11) is 0. The predicted octanol–water partition coefficient (Wildman–Crippen LogP) is 2.76. The van der Waals surface area contributed by atoms with Gasteiger partial charge in [-0.2, -0.15) is 0 Å². The van der Waals surface area contributed by atoms with Crippen LogP contribution in [0.1, 0.15) is 35.2 Å². The van der Waals surface area contributed by atoms with E-state index < -0.39 is 5.97 Å². The van der Waals surface area contributed by atoms with Crippen molar-refractivity contribution in [2.75, 3.05) is 13.2 Å². The topological polar surface area (TPSA) is 79.7 Å². The fraction of sp³-hybridized carbons (Fsp3) is 0.350. The van der Waals surface area contributed by atoms with Crippen LogP contribution < -0.4 is 4.74 Å². The highest BCUT2D eigenvalue weighted by Crippen LogP contribution is 2.31. The molecule has 0 aliphatic carbocycles. The number of carboxylic acids is 1. The molecule has 1 unspecified atom stereocenters. The quantitative estimate of drug-likeness (QED) is 0.915. The zero-order valence-corrected chi connectivity index (χ0v) is 14.4. The van der Waals surface area contributed by atoms with Crippen LogP contribution in [0.2, 0.25) is 0 Å². The molecule has 6 heteroatoms. The van der Waals surface area contributed by atoms with E-state index in [0.717, 1.165) is 36.1 Å². The number of pyridine rings is 1. The van der Waals surface area contributed by atoms with Gasteiger partial charge >= 0.3 is 5.97 Å². The van der Waals surface area contributed by atoms with E-state index in [2.05, 4.69) is 11.1 Å². The van der Waals surface area contributed by atoms with Crippen molar-refractivity contribution in [3.63, 3.8) is 0 Å². The smallest absolute Gasteiger partial charge is 0.305 e. The molecular weight excluding hydrogens is 332 g/mol. The van der Waals surface area contributed by atoms with Crippen LogP contribution in [0, 0.1) is 0 Å². The summed E-state index contributed by atoms with van der Waals surface area (Å²) in [4.78, 5) is 29.8. The second kappa shape index (κ2) is 6.78. The third kappa shape index (κ3) is 3.14. The van der Waals surface area contributed by atoms with E-state index in [-0.39, 0.29) is 18.4 Å². The number of carbonyl (C=O) groups excluding carboxylic acids is 1. The lowest BCUT2D eigenvalue weighted by Crippen LogP contribution is -2.36. The molecule has 3 heterocycles. The number of benzene rings is 1. The first kappa shape index (κ1) is 16.6. The zero-order chi connectivity index (χ0) is 18.1. The molecule has 1 fully saturated rings. The Labute approximate surface area is 151 Å². The van der Waals surface area contributed by atoms with E-state index >= 15 is 0 Å². The Morgan fingerprint density at radius 2 is 2.12 bits per heavy atom. The Hall–Kier alpha value is -2.89. The summed E-state index contributed by atoms with van der Waals surface area (Å²) in [6.45, 7) is 1.30. The lowest BCUT2D eigenvalue weighted by Gasteiger charge is -2.23. The van der Waals surface area contributed by atoms with Crippen LogP contribution in [0.3, 0.4) is 0 Å². The van der Waals surface area contributed by atoms with E-state index in [9.17, 15) is 9.59 Å². The van der Waals surface area contributed by atoms with Crippen LogP contribution in [0.5, 0.6) is 5.75 Å². The van der Waals surface area contributed by atoms with Crippen molar-refractivity contribution in [3.05, 3.63) is 47.8 Å². The van der Waals surface area contributed by atoms with Gasteiger partial charge in [0.2, 0.25) is 0 Å². The van der Waals surface area contributed by atoms with E-state index in [4.69, 9.17) is 9.84 Å². The van der Waals surface area contributed by atoms with Gasteiger partial charge in [-0.15, -0.1) is 0 Å².